The van der Waals surface area contributed by atoms with Crippen LogP contribution in [0.15, 0.2) is 30.3 Å². The van der Waals surface area contributed by atoms with Crippen molar-refractivity contribution in [2.75, 3.05) is 0 Å². The lowest BCUT2D eigenvalue weighted by Gasteiger charge is -2.09. The molecule has 2 aromatic rings. The van der Waals surface area contributed by atoms with Gasteiger partial charge in [-0.2, -0.15) is 0 Å². The van der Waals surface area contributed by atoms with Gasteiger partial charge in [-0.1, -0.05) is 0 Å². The van der Waals surface area contributed by atoms with Crippen LogP contribution in [-0.2, 0) is 0 Å². The minimum Gasteiger partial charge on any atom is -0.406 e. The summed E-state index contributed by atoms with van der Waals surface area (Å²) in [4.78, 5) is 7.91. The van der Waals surface area contributed by atoms with Gasteiger partial charge in [-0.3, -0.25) is 0 Å². The summed E-state index contributed by atoms with van der Waals surface area (Å²) in [6.45, 7) is 1.75. The molecule has 0 aliphatic rings. The molecule has 0 atom stereocenters. The first-order valence-electron chi connectivity index (χ1n) is 5.21. The molecule has 0 fully saturated rings. The zero-order chi connectivity index (χ0) is 14.0. The van der Waals surface area contributed by atoms with Crippen LogP contribution in [0.2, 0.25) is 5.28 Å². The first kappa shape index (κ1) is 13.6. The molecule has 0 unspecified atom stereocenters. The molecule has 0 saturated heterocycles. The van der Waals surface area contributed by atoms with Crippen molar-refractivity contribution in [2.45, 2.75) is 13.3 Å². The van der Waals surface area contributed by atoms with Gasteiger partial charge in [-0.25, -0.2) is 9.97 Å². The highest BCUT2D eigenvalue weighted by atomic mass is 35.5. The van der Waals surface area contributed by atoms with E-state index in [1.165, 1.54) is 24.3 Å². The van der Waals surface area contributed by atoms with E-state index in [0.29, 0.717) is 17.0 Å². The predicted octanol–water partition coefficient (Wildman–Crippen LogP) is 4.00. The summed E-state index contributed by atoms with van der Waals surface area (Å²) in [7, 11) is 0. The third-order valence-electron chi connectivity index (χ3n) is 2.21. The molecule has 0 aliphatic heterocycles. The molecule has 0 saturated carbocycles. The fourth-order valence-corrected chi connectivity index (χ4v) is 1.73. The average Bonchev–Trinajstić information content (AvgIpc) is 2.26. The summed E-state index contributed by atoms with van der Waals surface area (Å²) in [6.07, 6.45) is -4.70. The molecule has 0 N–H and O–H groups in total. The lowest BCUT2D eigenvalue weighted by atomic mass is 10.1. The van der Waals surface area contributed by atoms with E-state index < -0.39 is 6.36 Å². The molecule has 0 aliphatic carbocycles. The van der Waals surface area contributed by atoms with Gasteiger partial charge >= 0.3 is 6.36 Å². The van der Waals surface area contributed by atoms with Gasteiger partial charge in [-0.05, 0) is 48.9 Å². The Kier molecular flexibility index (Phi) is 3.61. The molecule has 1 aromatic carbocycles. The smallest absolute Gasteiger partial charge is 0.406 e. The van der Waals surface area contributed by atoms with Crippen LogP contribution < -0.4 is 4.74 Å². The van der Waals surface area contributed by atoms with E-state index in [0.717, 1.165) is 0 Å². The monoisotopic (exact) mass is 288 g/mol. The number of rotatable bonds is 2. The molecule has 7 heteroatoms. The van der Waals surface area contributed by atoms with Gasteiger partial charge in [0.1, 0.15) is 5.75 Å². The summed E-state index contributed by atoms with van der Waals surface area (Å²) in [6, 6.07) is 7.06. The van der Waals surface area contributed by atoms with Crippen LogP contribution in [0.1, 0.15) is 5.69 Å². The molecule has 2 rings (SSSR count). The Morgan fingerprint density at radius 1 is 1.11 bits per heavy atom. The zero-order valence-corrected chi connectivity index (χ0v) is 10.5. The molecule has 100 valence electrons. The van der Waals surface area contributed by atoms with Gasteiger partial charge in [0.05, 0.1) is 5.69 Å². The van der Waals surface area contributed by atoms with Crippen molar-refractivity contribution in [3.05, 3.63) is 41.3 Å². The predicted molar refractivity (Wildman–Crippen MR) is 63.9 cm³/mol. The Labute approximate surface area is 112 Å². The molecule has 0 amide bonds. The Morgan fingerprint density at radius 2 is 1.74 bits per heavy atom. The third kappa shape index (κ3) is 3.82. The maximum absolute atomic E-state index is 12.0. The van der Waals surface area contributed by atoms with Gasteiger partial charge in [0.2, 0.25) is 5.28 Å². The van der Waals surface area contributed by atoms with E-state index in [2.05, 4.69) is 14.7 Å². The van der Waals surface area contributed by atoms with Crippen molar-refractivity contribution in [1.82, 2.24) is 9.97 Å². The van der Waals surface area contributed by atoms with Crippen molar-refractivity contribution in [3.8, 4) is 17.0 Å². The summed E-state index contributed by atoms with van der Waals surface area (Å²) in [5.41, 5.74) is 1.84. The lowest BCUT2D eigenvalue weighted by Crippen LogP contribution is -2.16. The fraction of sp³-hybridized carbons (Fsp3) is 0.167. The number of aromatic nitrogens is 2. The van der Waals surface area contributed by atoms with Crippen LogP contribution in [0.25, 0.3) is 11.3 Å². The standard InChI is InChI=1S/C12H8ClF3N2O/c1-7-6-10(18-11(13)17-7)8-2-4-9(5-3-8)19-12(14,15)16/h2-6H,1H3. The van der Waals surface area contributed by atoms with Gasteiger partial charge < -0.3 is 4.74 Å². The third-order valence-corrected chi connectivity index (χ3v) is 2.38. The Morgan fingerprint density at radius 3 is 2.26 bits per heavy atom. The van der Waals surface area contributed by atoms with Crippen molar-refractivity contribution >= 4 is 11.6 Å². The highest BCUT2D eigenvalue weighted by molar-refractivity contribution is 6.28. The maximum atomic E-state index is 12.0. The zero-order valence-electron chi connectivity index (χ0n) is 9.70. The highest BCUT2D eigenvalue weighted by Crippen LogP contribution is 2.26. The largest absolute Gasteiger partial charge is 0.573 e. The van der Waals surface area contributed by atoms with Crippen LogP contribution in [0.4, 0.5) is 13.2 Å². The first-order valence-corrected chi connectivity index (χ1v) is 5.59. The van der Waals surface area contributed by atoms with Gasteiger partial charge in [-0.15, -0.1) is 13.2 Å². The second kappa shape index (κ2) is 5.05. The van der Waals surface area contributed by atoms with Crippen LogP contribution in [-0.4, -0.2) is 16.3 Å². The van der Waals surface area contributed by atoms with E-state index in [4.69, 9.17) is 11.6 Å². The number of alkyl halides is 3. The normalized spacial score (nSPS) is 11.4. The Bertz CT molecular complexity index is 564. The van der Waals surface area contributed by atoms with E-state index in [-0.39, 0.29) is 11.0 Å². The lowest BCUT2D eigenvalue weighted by molar-refractivity contribution is -0.274. The fourth-order valence-electron chi connectivity index (χ4n) is 1.51. The number of aryl methyl sites for hydroxylation is 1. The van der Waals surface area contributed by atoms with E-state index >= 15 is 0 Å². The minimum absolute atomic E-state index is 0.0885. The van der Waals surface area contributed by atoms with Gasteiger partial charge in [0.25, 0.3) is 0 Å². The summed E-state index contributed by atoms with van der Waals surface area (Å²) >= 11 is 5.72. The minimum atomic E-state index is -4.70. The topological polar surface area (TPSA) is 35.0 Å². The molecule has 0 bridgehead atoms. The van der Waals surface area contributed by atoms with Crippen molar-refractivity contribution in [2.24, 2.45) is 0 Å². The van der Waals surface area contributed by atoms with Crippen molar-refractivity contribution < 1.29 is 17.9 Å². The number of benzene rings is 1. The molecule has 1 aromatic heterocycles. The van der Waals surface area contributed by atoms with Gasteiger partial charge in [0.15, 0.2) is 0 Å². The molecular formula is C12H8ClF3N2O. The second-order valence-corrected chi connectivity index (χ2v) is 4.07. The van der Waals surface area contributed by atoms with Crippen LogP contribution in [0, 0.1) is 6.92 Å². The summed E-state index contributed by atoms with van der Waals surface area (Å²) < 4.78 is 39.8. The van der Waals surface area contributed by atoms with Crippen molar-refractivity contribution in [1.29, 1.82) is 0 Å². The second-order valence-electron chi connectivity index (χ2n) is 3.74. The van der Waals surface area contributed by atoms with Crippen LogP contribution >= 0.6 is 11.6 Å². The van der Waals surface area contributed by atoms with E-state index in [1.807, 2.05) is 0 Å². The number of hydrogen-bond donors (Lipinski definition) is 0. The summed E-state index contributed by atoms with van der Waals surface area (Å²) in [5.74, 6) is -0.284. The van der Waals surface area contributed by atoms with Gasteiger partial charge in [0, 0.05) is 11.3 Å². The summed E-state index contributed by atoms with van der Waals surface area (Å²) in [5, 5.41) is 0.0885. The average molecular weight is 289 g/mol. The SMILES string of the molecule is Cc1cc(-c2ccc(OC(F)(F)F)cc2)nc(Cl)n1. The number of ether oxygens (including phenoxy) is 1. The highest BCUT2D eigenvalue weighted by Gasteiger charge is 2.30. The molecule has 1 heterocycles. The molecule has 0 spiro atoms. The van der Waals surface area contributed by atoms with E-state index in [1.54, 1.807) is 13.0 Å². The number of nitrogens with zero attached hydrogens (tertiary/aromatic N) is 2. The van der Waals surface area contributed by atoms with Crippen molar-refractivity contribution in [3.63, 3.8) is 0 Å². The molecule has 19 heavy (non-hydrogen) atoms. The Hall–Kier alpha value is -1.82. The molecule has 0 radical (unpaired) electrons. The first-order chi connectivity index (χ1) is 8.83. The van der Waals surface area contributed by atoms with Crippen LogP contribution in [0.3, 0.4) is 0 Å². The molecule has 3 nitrogen and oxygen atoms in total. The van der Waals surface area contributed by atoms with E-state index in [9.17, 15) is 13.2 Å². The number of hydrogen-bond acceptors (Lipinski definition) is 3. The maximum Gasteiger partial charge on any atom is 0.573 e. The number of halogens is 4. The molecular weight excluding hydrogens is 281 g/mol. The quantitative estimate of drug-likeness (QED) is 0.783. The Balaban J connectivity index is 2.27. The van der Waals surface area contributed by atoms with Crippen LogP contribution in [0.5, 0.6) is 5.75 Å².